The maximum Gasteiger partial charge on any atom is 0.407 e. The number of benzene rings is 2. The predicted octanol–water partition coefficient (Wildman–Crippen LogP) is 6.11. The quantitative estimate of drug-likeness (QED) is 0.0556. The summed E-state index contributed by atoms with van der Waals surface area (Å²) < 4.78 is 28.6. The lowest BCUT2D eigenvalue weighted by Gasteiger charge is -2.25. The number of alkyl carbamates (subject to hydrolysis) is 1. The van der Waals surface area contributed by atoms with Gasteiger partial charge in [0, 0.05) is 48.1 Å². The van der Waals surface area contributed by atoms with Gasteiger partial charge >= 0.3 is 12.1 Å². The van der Waals surface area contributed by atoms with Gasteiger partial charge in [0.25, 0.3) is 5.70 Å². The van der Waals surface area contributed by atoms with Crippen LogP contribution in [0.4, 0.5) is 22.1 Å². The summed E-state index contributed by atoms with van der Waals surface area (Å²) in [6, 6.07) is 15.6. The number of esters is 1. The Balaban J connectivity index is 1.14. The number of nitrogens with zero attached hydrogens (tertiary/aromatic N) is 5. The third kappa shape index (κ3) is 11.5. The van der Waals surface area contributed by atoms with Gasteiger partial charge in [-0.1, -0.05) is 30.3 Å². The summed E-state index contributed by atoms with van der Waals surface area (Å²) in [5.74, 6) is -0.150. The molecule has 0 spiro atoms. The molecule has 53 heavy (non-hydrogen) atoms. The number of nitrogen functional groups attached to an aromatic ring is 1. The van der Waals surface area contributed by atoms with Gasteiger partial charge in [0.05, 0.1) is 38.6 Å². The highest BCUT2D eigenvalue weighted by Crippen LogP contribution is 2.33. The van der Waals surface area contributed by atoms with E-state index < -0.39 is 17.7 Å². The molecule has 0 fully saturated rings. The van der Waals surface area contributed by atoms with E-state index in [0.29, 0.717) is 50.9 Å². The van der Waals surface area contributed by atoms with Gasteiger partial charge in [-0.2, -0.15) is 4.98 Å². The van der Waals surface area contributed by atoms with Crippen molar-refractivity contribution in [2.75, 3.05) is 57.3 Å². The van der Waals surface area contributed by atoms with Crippen LogP contribution >= 0.6 is 11.3 Å². The van der Waals surface area contributed by atoms with Gasteiger partial charge in [-0.25, -0.2) is 14.6 Å². The van der Waals surface area contributed by atoms with Gasteiger partial charge < -0.3 is 39.6 Å². The first kappa shape index (κ1) is 38.7. The van der Waals surface area contributed by atoms with Gasteiger partial charge in [-0.15, -0.1) is 11.3 Å². The lowest BCUT2D eigenvalue weighted by Crippen LogP contribution is -2.33. The molecular weight excluding hydrogens is 699 g/mol. The molecule has 0 atom stereocenters. The van der Waals surface area contributed by atoms with Crippen LogP contribution in [0.25, 0.3) is 21.0 Å². The maximum absolute atomic E-state index is 12.6. The number of fused-ring (bicyclic) bond motifs is 2. The Kier molecular flexibility index (Phi) is 13.3. The molecule has 0 saturated carbocycles. The average molecular weight is 742 g/mol. The number of hydrogen-bond donors (Lipinski definition) is 2. The monoisotopic (exact) mass is 741 g/mol. The van der Waals surface area contributed by atoms with Crippen molar-refractivity contribution in [2.45, 2.75) is 45.9 Å². The van der Waals surface area contributed by atoms with Crippen molar-refractivity contribution in [1.29, 1.82) is 0 Å². The van der Waals surface area contributed by atoms with Crippen LogP contribution in [0.2, 0.25) is 0 Å². The zero-order valence-corrected chi connectivity index (χ0v) is 31.0. The molecule has 2 aromatic heterocycles. The summed E-state index contributed by atoms with van der Waals surface area (Å²) >= 11 is 1.46. The van der Waals surface area contributed by atoms with E-state index in [1.165, 1.54) is 11.3 Å². The Hall–Kier alpha value is -5.56. The van der Waals surface area contributed by atoms with Gasteiger partial charge in [-0.3, -0.25) is 9.79 Å². The van der Waals surface area contributed by atoms with Crippen molar-refractivity contribution >= 4 is 63.1 Å². The first-order valence-corrected chi connectivity index (χ1v) is 17.8. The molecule has 1 aliphatic rings. The van der Waals surface area contributed by atoms with E-state index in [4.69, 9.17) is 36.0 Å². The van der Waals surface area contributed by atoms with Crippen LogP contribution in [0.5, 0.6) is 5.88 Å². The number of carbonyl (C=O) groups excluding carboxylic acids is 2. The second-order valence-electron chi connectivity index (χ2n) is 12.9. The summed E-state index contributed by atoms with van der Waals surface area (Å²) in [5.41, 5.74) is 9.10. The molecule has 3 N–H and O–H groups in total. The van der Waals surface area contributed by atoms with E-state index in [0.717, 1.165) is 37.5 Å². The average Bonchev–Trinajstić information content (AvgIpc) is 3.77. The minimum Gasteiger partial charge on any atom is -0.471 e. The Bertz CT molecular complexity index is 2000. The summed E-state index contributed by atoms with van der Waals surface area (Å²) in [6.07, 6.45) is 3.38. The smallest absolute Gasteiger partial charge is 0.407 e. The number of hydrogen-bond acceptors (Lipinski definition) is 13. The molecule has 5 rings (SSSR count). The molecule has 0 radical (unpaired) electrons. The van der Waals surface area contributed by atoms with Crippen molar-refractivity contribution in [2.24, 2.45) is 4.99 Å². The number of thiophene rings is 1. The van der Waals surface area contributed by atoms with E-state index in [9.17, 15) is 9.59 Å². The highest BCUT2D eigenvalue weighted by molar-refractivity contribution is 7.19. The summed E-state index contributed by atoms with van der Waals surface area (Å²) in [5, 5.41) is 3.78. The fourth-order valence-electron chi connectivity index (χ4n) is 5.17. The van der Waals surface area contributed by atoms with Crippen LogP contribution in [0.3, 0.4) is 0 Å². The van der Waals surface area contributed by atoms with Crippen LogP contribution in [0.15, 0.2) is 59.2 Å². The lowest BCUT2D eigenvalue weighted by molar-refractivity contribution is -0.149. The van der Waals surface area contributed by atoms with Gasteiger partial charge in [0.2, 0.25) is 11.8 Å². The second-order valence-corrected chi connectivity index (χ2v) is 14.0. The van der Waals surface area contributed by atoms with Crippen molar-refractivity contribution < 1.29 is 33.3 Å². The maximum atomic E-state index is 12.6. The minimum atomic E-state index is -0.701. The number of nitrogens with two attached hydrogens (primary N) is 1. The number of carbonyl (C=O) groups is 2. The third-order valence-corrected chi connectivity index (χ3v) is 8.75. The number of aromatic nitrogens is 2. The Morgan fingerprint density at radius 3 is 2.57 bits per heavy atom. The molecule has 0 unspecified atom stereocenters. The van der Waals surface area contributed by atoms with Gasteiger partial charge in [0.1, 0.15) is 24.5 Å². The van der Waals surface area contributed by atoms with Crippen molar-refractivity contribution in [1.82, 2.24) is 15.3 Å². The second kappa shape index (κ2) is 18.3. The van der Waals surface area contributed by atoms with Crippen LogP contribution < -0.4 is 20.7 Å². The lowest BCUT2D eigenvalue weighted by atomic mass is 10.1. The molecule has 4 aromatic rings. The van der Waals surface area contributed by atoms with E-state index in [-0.39, 0.29) is 31.4 Å². The molecule has 0 aliphatic carbocycles. The molecule has 14 nitrogen and oxygen atoms in total. The fraction of sp³-hybridized carbons (Fsp3) is 0.368. The standard InChI is InChI=1S/C38H43N7O7S/c1-38(2,3)52-35(46)31(40-4)22-29-20-27-10-11-28(21-32(27)53-29)45(14-16-49-19-18-48-5)15-17-50-37(47)42-23-25-6-8-26(9-7-25)24-51-34-33-30(12-13-41-33)43-36(39)44-34/h6-11,13,20-22H,12,14-19,23-24H2,1-3,5H3,(H,42,47)(H2,39,43,44)/b31-22-. The molecule has 1 amide bonds. The summed E-state index contributed by atoms with van der Waals surface area (Å²) in [4.78, 5) is 44.0. The first-order valence-electron chi connectivity index (χ1n) is 17.0. The van der Waals surface area contributed by atoms with Crippen molar-refractivity contribution in [3.63, 3.8) is 0 Å². The predicted molar refractivity (Wildman–Crippen MR) is 204 cm³/mol. The van der Waals surface area contributed by atoms with Gasteiger partial charge in [0.15, 0.2) is 0 Å². The first-order chi connectivity index (χ1) is 25.5. The normalized spacial score (nSPS) is 12.3. The molecular formula is C38H43N7O7S. The number of aliphatic imine (C=N–C) groups is 1. The van der Waals surface area contributed by atoms with Crippen LogP contribution in [0.1, 0.15) is 42.5 Å². The largest absolute Gasteiger partial charge is 0.471 e. The van der Waals surface area contributed by atoms with Crippen LogP contribution in [-0.2, 0) is 43.3 Å². The number of rotatable bonds is 17. The third-order valence-electron chi connectivity index (χ3n) is 7.71. The Morgan fingerprint density at radius 2 is 1.81 bits per heavy atom. The van der Waals surface area contributed by atoms with E-state index in [1.54, 1.807) is 40.2 Å². The summed E-state index contributed by atoms with van der Waals surface area (Å²) in [6.45, 7) is 15.9. The molecule has 1 aliphatic heterocycles. The Morgan fingerprint density at radius 1 is 1.04 bits per heavy atom. The number of nitrogens with one attached hydrogen (secondary N) is 1. The zero-order chi connectivity index (χ0) is 37.8. The van der Waals surface area contributed by atoms with E-state index in [1.807, 2.05) is 48.5 Å². The molecule has 0 bridgehead atoms. The van der Waals surface area contributed by atoms with E-state index >= 15 is 0 Å². The number of ether oxygens (including phenoxy) is 5. The molecule has 2 aromatic carbocycles. The fourth-order valence-corrected chi connectivity index (χ4v) is 6.21. The van der Waals surface area contributed by atoms with Crippen LogP contribution in [0, 0.1) is 6.57 Å². The molecule has 15 heteroatoms. The van der Waals surface area contributed by atoms with Crippen molar-refractivity contribution in [3.05, 3.63) is 87.3 Å². The van der Waals surface area contributed by atoms with Crippen molar-refractivity contribution in [3.8, 4) is 5.88 Å². The zero-order valence-electron chi connectivity index (χ0n) is 30.2. The minimum absolute atomic E-state index is 0.0806. The number of anilines is 2. The van der Waals surface area contributed by atoms with Crippen LogP contribution in [-0.4, -0.2) is 80.5 Å². The highest BCUT2D eigenvalue weighted by Gasteiger charge is 2.21. The molecule has 3 heterocycles. The highest BCUT2D eigenvalue weighted by atomic mass is 32.1. The van der Waals surface area contributed by atoms with E-state index in [2.05, 4.69) is 30.0 Å². The topological polar surface area (TPSA) is 164 Å². The van der Waals surface area contributed by atoms with Gasteiger partial charge in [-0.05, 0) is 61.6 Å². The summed E-state index contributed by atoms with van der Waals surface area (Å²) in [7, 11) is 1.62. The number of methoxy groups -OCH3 is 1. The molecule has 0 saturated heterocycles. The molecule has 278 valence electrons. The number of amides is 1. The Labute approximate surface area is 312 Å². The SMILES string of the molecule is [C-]#[N+]/C(=C\c1cc2ccc(N(CCOCCOC)CCOC(=O)NCc3ccc(COc4nc(N)nc5c4N=CC5)cc3)cc2s1)C(=O)OC(C)(C)C.